The summed E-state index contributed by atoms with van der Waals surface area (Å²) in [5, 5.41) is 22.5. The van der Waals surface area contributed by atoms with Crippen molar-refractivity contribution in [3.63, 3.8) is 0 Å². The molecule has 0 aromatic rings. The number of aliphatic hydroxyl groups is 1. The topological polar surface area (TPSA) is 142 Å². The third kappa shape index (κ3) is 33.4. The molecule has 0 heterocycles. The highest BCUT2D eigenvalue weighted by Gasteiger charge is 2.18. The Morgan fingerprint density at radius 3 is 1.75 bits per heavy atom. The lowest BCUT2D eigenvalue weighted by Gasteiger charge is -2.15. The molecule has 0 saturated carbocycles. The first-order valence-corrected chi connectivity index (χ1v) is 19.8. The zero-order chi connectivity index (χ0) is 38.3. The number of carbonyl (C=O) groups excluding carboxylic acids is 3. The number of aliphatic hydroxyl groups excluding tert-OH is 1. The normalized spacial score (nSPS) is 13.3. The summed E-state index contributed by atoms with van der Waals surface area (Å²) in [7, 11) is 0. The van der Waals surface area contributed by atoms with Crippen LogP contribution < -0.4 is 10.6 Å². The van der Waals surface area contributed by atoms with E-state index in [9.17, 15) is 19.2 Å². The molecule has 0 aliphatic carbocycles. The van der Waals surface area contributed by atoms with E-state index in [4.69, 9.17) is 14.9 Å². The van der Waals surface area contributed by atoms with Gasteiger partial charge in [-0.05, 0) is 89.5 Å². The van der Waals surface area contributed by atoms with Crippen molar-refractivity contribution < 1.29 is 34.1 Å². The zero-order valence-electron chi connectivity index (χ0n) is 32.3. The highest BCUT2D eigenvalue weighted by Crippen LogP contribution is 2.14. The van der Waals surface area contributed by atoms with Crippen LogP contribution in [0.15, 0.2) is 72.9 Å². The van der Waals surface area contributed by atoms with Crippen LogP contribution in [0.5, 0.6) is 0 Å². The fraction of sp³-hybridized carbons (Fsp3) is 0.628. The van der Waals surface area contributed by atoms with Crippen LogP contribution in [0.4, 0.5) is 0 Å². The van der Waals surface area contributed by atoms with Crippen LogP contribution in [-0.4, -0.2) is 59.3 Å². The van der Waals surface area contributed by atoms with E-state index in [-0.39, 0.29) is 30.9 Å². The molecule has 52 heavy (non-hydrogen) atoms. The van der Waals surface area contributed by atoms with E-state index in [1.54, 1.807) is 0 Å². The Morgan fingerprint density at radius 1 is 0.615 bits per heavy atom. The van der Waals surface area contributed by atoms with Gasteiger partial charge in [-0.15, -0.1) is 0 Å². The van der Waals surface area contributed by atoms with Crippen molar-refractivity contribution in [2.75, 3.05) is 13.2 Å². The number of esters is 1. The molecule has 0 aliphatic heterocycles. The van der Waals surface area contributed by atoms with Gasteiger partial charge in [-0.25, -0.2) is 4.79 Å². The monoisotopic (exact) mass is 727 g/mol. The van der Waals surface area contributed by atoms with E-state index in [1.807, 2.05) is 6.08 Å². The maximum Gasteiger partial charge on any atom is 0.328 e. The largest absolute Gasteiger partial charge is 0.480 e. The Bertz CT molecular complexity index is 1110. The molecule has 0 saturated heterocycles. The number of aliphatic carboxylic acids is 1. The molecule has 0 rings (SSSR count). The van der Waals surface area contributed by atoms with E-state index in [0.717, 1.165) is 96.3 Å². The molecule has 9 heteroatoms. The van der Waals surface area contributed by atoms with Crippen molar-refractivity contribution in [3.05, 3.63) is 72.9 Å². The van der Waals surface area contributed by atoms with Crippen molar-refractivity contribution in [2.24, 2.45) is 0 Å². The summed E-state index contributed by atoms with van der Waals surface area (Å²) < 4.78 is 5.86. The van der Waals surface area contributed by atoms with E-state index in [1.165, 1.54) is 19.3 Å². The zero-order valence-corrected chi connectivity index (χ0v) is 32.3. The van der Waals surface area contributed by atoms with Crippen LogP contribution in [-0.2, 0) is 23.9 Å². The summed E-state index contributed by atoms with van der Waals surface area (Å²) in [5.74, 6) is -2.46. The highest BCUT2D eigenvalue weighted by atomic mass is 16.5. The standard InChI is InChI=1S/C43H70N2O7/c1-3-5-7-9-11-13-14-15-16-17-18-19-20-21-23-25-31-35-42(49)52-38(32-28-24-22-12-10-8-6-4-2)33-29-26-27-30-34-40(47)44-36-41(48)45-39(37-46)43(50)51/h5,7,11-13,15-16,18-19,22,28,32,38-39,46H,3-4,6,8-10,14,17,20-21,23-27,29-31,33-37H2,1-2H3,(H,44,47)(H,45,48)(H,50,51)/b7-5-,13-11-,16-15-,19-18-,22-12-,32-28-. The first kappa shape index (κ1) is 48.3. The Kier molecular flexibility index (Phi) is 34.4. The van der Waals surface area contributed by atoms with Gasteiger partial charge in [0.1, 0.15) is 12.1 Å². The molecule has 0 radical (unpaired) electrons. The number of carbonyl (C=O) groups is 4. The minimum atomic E-state index is -1.40. The number of nitrogens with one attached hydrogen (secondary N) is 2. The molecule has 2 unspecified atom stereocenters. The molecule has 0 bridgehead atoms. The highest BCUT2D eigenvalue weighted by molar-refractivity contribution is 5.87. The second-order valence-electron chi connectivity index (χ2n) is 13.0. The quantitative estimate of drug-likeness (QED) is 0.0294. The van der Waals surface area contributed by atoms with Crippen LogP contribution in [0.1, 0.15) is 149 Å². The Balaban J connectivity index is 4.37. The smallest absolute Gasteiger partial charge is 0.328 e. The van der Waals surface area contributed by atoms with Gasteiger partial charge >= 0.3 is 11.9 Å². The molecular formula is C43H70N2O7. The van der Waals surface area contributed by atoms with Crippen molar-refractivity contribution in [1.29, 1.82) is 0 Å². The van der Waals surface area contributed by atoms with Gasteiger partial charge in [0.25, 0.3) is 0 Å². The van der Waals surface area contributed by atoms with Crippen molar-refractivity contribution in [2.45, 2.75) is 161 Å². The first-order valence-electron chi connectivity index (χ1n) is 19.8. The van der Waals surface area contributed by atoms with E-state index in [0.29, 0.717) is 12.8 Å². The lowest BCUT2D eigenvalue weighted by Crippen LogP contribution is -2.47. The van der Waals surface area contributed by atoms with Gasteiger partial charge in [-0.2, -0.15) is 0 Å². The molecule has 0 spiro atoms. The third-order valence-corrected chi connectivity index (χ3v) is 8.17. The van der Waals surface area contributed by atoms with Gasteiger partial charge in [-0.3, -0.25) is 14.4 Å². The van der Waals surface area contributed by atoms with Crippen LogP contribution in [0.25, 0.3) is 0 Å². The SMILES string of the molecule is CC/C=C\C/C=C\C/C=C\C/C=C\CCCCCCC(=O)OC(/C=C\C/C=C\CCCCC)CCCCCCC(=O)NCC(=O)NC(CO)C(=O)O. The Labute approximate surface area is 314 Å². The molecular weight excluding hydrogens is 656 g/mol. The van der Waals surface area contributed by atoms with Crippen molar-refractivity contribution in [1.82, 2.24) is 10.6 Å². The van der Waals surface area contributed by atoms with Crippen LogP contribution in [0.3, 0.4) is 0 Å². The summed E-state index contributed by atoms with van der Waals surface area (Å²) in [6.07, 6.45) is 45.2. The number of carboxylic acid groups (broad SMARTS) is 1. The minimum Gasteiger partial charge on any atom is -0.480 e. The summed E-state index contributed by atoms with van der Waals surface area (Å²) in [6, 6.07) is -1.40. The summed E-state index contributed by atoms with van der Waals surface area (Å²) >= 11 is 0. The molecule has 2 atom stereocenters. The molecule has 0 fully saturated rings. The number of allylic oxidation sites excluding steroid dienone is 11. The van der Waals surface area contributed by atoms with E-state index >= 15 is 0 Å². The second-order valence-corrected chi connectivity index (χ2v) is 13.0. The first-order chi connectivity index (χ1) is 25.3. The van der Waals surface area contributed by atoms with Crippen LogP contribution in [0.2, 0.25) is 0 Å². The summed E-state index contributed by atoms with van der Waals surface area (Å²) in [6.45, 7) is 3.27. The maximum atomic E-state index is 12.7. The number of ether oxygens (including phenoxy) is 1. The molecule has 0 aromatic carbocycles. The van der Waals surface area contributed by atoms with Crippen LogP contribution >= 0.6 is 0 Å². The number of carboxylic acids is 1. The molecule has 294 valence electrons. The minimum absolute atomic E-state index is 0.155. The van der Waals surface area contributed by atoms with Gasteiger partial charge in [0.15, 0.2) is 0 Å². The molecule has 9 nitrogen and oxygen atoms in total. The Hall–Kier alpha value is -3.72. The predicted molar refractivity (Wildman–Crippen MR) is 213 cm³/mol. The summed E-state index contributed by atoms with van der Waals surface area (Å²) in [5.41, 5.74) is 0. The average molecular weight is 727 g/mol. The second kappa shape index (κ2) is 37.1. The molecule has 0 aliphatic rings. The third-order valence-electron chi connectivity index (χ3n) is 8.17. The fourth-order valence-electron chi connectivity index (χ4n) is 5.12. The number of rotatable bonds is 34. The lowest BCUT2D eigenvalue weighted by atomic mass is 10.1. The maximum absolute atomic E-state index is 12.7. The number of hydrogen-bond donors (Lipinski definition) is 4. The molecule has 0 aromatic heterocycles. The van der Waals surface area contributed by atoms with E-state index in [2.05, 4.69) is 91.3 Å². The Morgan fingerprint density at radius 2 is 1.15 bits per heavy atom. The molecule has 2 amide bonds. The number of unbranched alkanes of at least 4 members (excludes halogenated alkanes) is 10. The van der Waals surface area contributed by atoms with Crippen LogP contribution in [0, 0.1) is 0 Å². The van der Waals surface area contributed by atoms with Gasteiger partial charge in [-0.1, -0.05) is 119 Å². The van der Waals surface area contributed by atoms with E-state index < -0.39 is 24.5 Å². The average Bonchev–Trinajstić information content (AvgIpc) is 3.13. The van der Waals surface area contributed by atoms with Gasteiger partial charge in [0.2, 0.25) is 11.8 Å². The van der Waals surface area contributed by atoms with Gasteiger partial charge in [0, 0.05) is 12.8 Å². The summed E-state index contributed by atoms with van der Waals surface area (Å²) in [4.78, 5) is 47.4. The van der Waals surface area contributed by atoms with Crippen molar-refractivity contribution in [3.8, 4) is 0 Å². The molecule has 4 N–H and O–H groups in total. The predicted octanol–water partition coefficient (Wildman–Crippen LogP) is 9.15. The van der Waals surface area contributed by atoms with Gasteiger partial charge in [0.05, 0.1) is 13.2 Å². The fourth-order valence-corrected chi connectivity index (χ4v) is 5.12. The number of hydrogen-bond acceptors (Lipinski definition) is 6. The number of amides is 2. The lowest BCUT2D eigenvalue weighted by molar-refractivity contribution is -0.147. The van der Waals surface area contributed by atoms with Crippen molar-refractivity contribution >= 4 is 23.8 Å². The van der Waals surface area contributed by atoms with Gasteiger partial charge < -0.3 is 25.6 Å².